The summed E-state index contributed by atoms with van der Waals surface area (Å²) in [7, 11) is 3.42. The fourth-order valence-electron chi connectivity index (χ4n) is 4.85. The number of carbonyl (C=O) groups is 1. The number of carbonyl (C=O) groups excluding carboxylic acids is 1. The third-order valence-electron chi connectivity index (χ3n) is 6.52. The molecular weight excluding hydrogens is 400 g/mol. The van der Waals surface area contributed by atoms with Gasteiger partial charge in [0.25, 0.3) is 0 Å². The normalized spacial score (nSPS) is 18.8. The first-order chi connectivity index (χ1) is 15.4. The minimum atomic E-state index is -0.0187. The van der Waals surface area contributed by atoms with Crippen LogP contribution < -0.4 is 4.74 Å². The summed E-state index contributed by atoms with van der Waals surface area (Å²) < 4.78 is 10.9. The zero-order chi connectivity index (χ0) is 23.1. The average molecular weight is 439 g/mol. The second-order valence-electron chi connectivity index (χ2n) is 9.16. The second kappa shape index (κ2) is 11.5. The van der Waals surface area contributed by atoms with E-state index >= 15 is 0 Å². The Kier molecular flexibility index (Phi) is 8.71. The van der Waals surface area contributed by atoms with E-state index in [2.05, 4.69) is 48.2 Å². The summed E-state index contributed by atoms with van der Waals surface area (Å²) in [6.45, 7) is 10.9. The van der Waals surface area contributed by atoms with E-state index in [0.29, 0.717) is 25.0 Å². The van der Waals surface area contributed by atoms with Crippen molar-refractivity contribution in [3.63, 3.8) is 0 Å². The van der Waals surface area contributed by atoms with Crippen LogP contribution in [0.4, 0.5) is 0 Å². The molecule has 2 aromatic carbocycles. The van der Waals surface area contributed by atoms with Crippen molar-refractivity contribution in [3.05, 3.63) is 65.2 Å². The van der Waals surface area contributed by atoms with Gasteiger partial charge in [0.15, 0.2) is 0 Å². The zero-order valence-corrected chi connectivity index (χ0v) is 20.2. The summed E-state index contributed by atoms with van der Waals surface area (Å²) in [5, 5.41) is 0. The number of hydrogen-bond acceptors (Lipinski definition) is 4. The largest absolute Gasteiger partial charge is 0.496 e. The van der Waals surface area contributed by atoms with Crippen molar-refractivity contribution in [1.29, 1.82) is 0 Å². The molecule has 3 rings (SSSR count). The number of nitrogens with zero attached hydrogens (tertiary/aromatic N) is 2. The predicted octanol–water partition coefficient (Wildman–Crippen LogP) is 4.35. The first-order valence-corrected chi connectivity index (χ1v) is 11.6. The molecule has 2 atom stereocenters. The van der Waals surface area contributed by atoms with Crippen LogP contribution in [0.5, 0.6) is 5.75 Å². The van der Waals surface area contributed by atoms with E-state index in [9.17, 15) is 4.79 Å². The van der Waals surface area contributed by atoms with Gasteiger partial charge in [0.1, 0.15) is 5.75 Å². The number of methoxy groups -OCH3 is 2. The third-order valence-corrected chi connectivity index (χ3v) is 6.52. The molecule has 1 aliphatic heterocycles. The maximum Gasteiger partial charge on any atom is 0.225 e. The molecule has 2 unspecified atom stereocenters. The van der Waals surface area contributed by atoms with Gasteiger partial charge in [0, 0.05) is 57.2 Å². The topological polar surface area (TPSA) is 42.0 Å². The molecule has 0 radical (unpaired) electrons. The van der Waals surface area contributed by atoms with Crippen molar-refractivity contribution >= 4 is 5.91 Å². The lowest BCUT2D eigenvalue weighted by molar-refractivity contribution is -0.135. The highest BCUT2D eigenvalue weighted by atomic mass is 16.5. The van der Waals surface area contributed by atoms with Crippen LogP contribution in [0, 0.1) is 18.8 Å². The molecule has 0 aliphatic carbocycles. The maximum absolute atomic E-state index is 12.9. The SMILES string of the molecule is COCCN(CC1CN(Cc2ccccc2OC)CC1c1ccccc1C)C(=O)C(C)C. The molecule has 0 saturated carbocycles. The Labute approximate surface area is 193 Å². The Morgan fingerprint density at radius 3 is 2.50 bits per heavy atom. The van der Waals surface area contributed by atoms with Crippen molar-refractivity contribution in [2.45, 2.75) is 33.2 Å². The standard InChI is InChI=1S/C27H38N2O3/c1-20(2)27(30)29(14-15-31-4)18-23-17-28(16-22-11-7-9-13-26(22)32-5)19-25(23)24-12-8-6-10-21(24)3/h6-13,20,23,25H,14-19H2,1-5H3. The Balaban J connectivity index is 1.84. The summed E-state index contributed by atoms with van der Waals surface area (Å²) in [5.41, 5.74) is 3.91. The lowest BCUT2D eigenvalue weighted by Gasteiger charge is -2.30. The second-order valence-corrected chi connectivity index (χ2v) is 9.16. The summed E-state index contributed by atoms with van der Waals surface area (Å²) >= 11 is 0. The van der Waals surface area contributed by atoms with Gasteiger partial charge in [-0.1, -0.05) is 56.3 Å². The van der Waals surface area contributed by atoms with Crippen molar-refractivity contribution < 1.29 is 14.3 Å². The number of aryl methyl sites for hydroxylation is 1. The van der Waals surface area contributed by atoms with Crippen LogP contribution in [0.3, 0.4) is 0 Å². The fraction of sp³-hybridized carbons (Fsp3) is 0.519. The minimum absolute atomic E-state index is 0.0187. The lowest BCUT2D eigenvalue weighted by Crippen LogP contribution is -2.41. The number of benzene rings is 2. The average Bonchev–Trinajstić information content (AvgIpc) is 3.18. The van der Waals surface area contributed by atoms with E-state index in [1.807, 2.05) is 30.9 Å². The molecule has 2 aromatic rings. The number of amides is 1. The number of rotatable bonds is 10. The molecule has 0 bridgehead atoms. The van der Waals surface area contributed by atoms with E-state index in [0.717, 1.165) is 31.9 Å². The van der Waals surface area contributed by atoms with Gasteiger partial charge in [-0.15, -0.1) is 0 Å². The molecule has 0 spiro atoms. The van der Waals surface area contributed by atoms with Gasteiger partial charge in [0.2, 0.25) is 5.91 Å². The van der Waals surface area contributed by atoms with E-state index in [-0.39, 0.29) is 11.8 Å². The zero-order valence-electron chi connectivity index (χ0n) is 20.2. The summed E-state index contributed by atoms with van der Waals surface area (Å²) in [6.07, 6.45) is 0. The summed E-state index contributed by atoms with van der Waals surface area (Å²) in [4.78, 5) is 17.5. The van der Waals surface area contributed by atoms with Crippen LogP contribution in [0.2, 0.25) is 0 Å². The van der Waals surface area contributed by atoms with Crippen LogP contribution in [-0.4, -0.2) is 62.7 Å². The van der Waals surface area contributed by atoms with Gasteiger partial charge >= 0.3 is 0 Å². The Hall–Kier alpha value is -2.37. The predicted molar refractivity (Wildman–Crippen MR) is 129 cm³/mol. The first-order valence-electron chi connectivity index (χ1n) is 11.6. The minimum Gasteiger partial charge on any atom is -0.496 e. The molecule has 1 saturated heterocycles. The number of likely N-dealkylation sites (tertiary alicyclic amines) is 1. The number of hydrogen-bond donors (Lipinski definition) is 0. The summed E-state index contributed by atoms with van der Waals surface area (Å²) in [6, 6.07) is 16.9. The van der Waals surface area contributed by atoms with Crippen LogP contribution in [0.25, 0.3) is 0 Å². The molecule has 0 aromatic heterocycles. The molecular formula is C27H38N2O3. The molecule has 1 fully saturated rings. The number of ether oxygens (including phenoxy) is 2. The van der Waals surface area contributed by atoms with E-state index < -0.39 is 0 Å². The quantitative estimate of drug-likeness (QED) is 0.553. The van der Waals surface area contributed by atoms with Crippen LogP contribution in [0.1, 0.15) is 36.5 Å². The first kappa shape index (κ1) is 24.3. The van der Waals surface area contributed by atoms with Gasteiger partial charge < -0.3 is 14.4 Å². The number of para-hydroxylation sites is 1. The Morgan fingerprint density at radius 1 is 1.09 bits per heavy atom. The smallest absolute Gasteiger partial charge is 0.225 e. The highest BCUT2D eigenvalue weighted by Crippen LogP contribution is 2.36. The highest BCUT2D eigenvalue weighted by Gasteiger charge is 2.36. The third kappa shape index (κ3) is 5.90. The lowest BCUT2D eigenvalue weighted by atomic mass is 9.86. The van der Waals surface area contributed by atoms with E-state index in [1.54, 1.807) is 14.2 Å². The molecule has 1 heterocycles. The molecule has 5 nitrogen and oxygen atoms in total. The van der Waals surface area contributed by atoms with Crippen LogP contribution in [0.15, 0.2) is 48.5 Å². The van der Waals surface area contributed by atoms with Crippen molar-refractivity contribution in [2.24, 2.45) is 11.8 Å². The molecule has 5 heteroatoms. The van der Waals surface area contributed by atoms with Gasteiger partial charge in [-0.05, 0) is 30.0 Å². The van der Waals surface area contributed by atoms with Crippen LogP contribution in [-0.2, 0) is 16.1 Å². The van der Waals surface area contributed by atoms with Gasteiger partial charge in [-0.3, -0.25) is 9.69 Å². The molecule has 32 heavy (non-hydrogen) atoms. The maximum atomic E-state index is 12.9. The van der Waals surface area contributed by atoms with Crippen molar-refractivity contribution in [2.75, 3.05) is 47.0 Å². The molecule has 1 aliphatic rings. The fourth-order valence-corrected chi connectivity index (χ4v) is 4.85. The molecule has 174 valence electrons. The van der Waals surface area contributed by atoms with E-state index in [4.69, 9.17) is 9.47 Å². The molecule has 0 N–H and O–H groups in total. The van der Waals surface area contributed by atoms with E-state index in [1.165, 1.54) is 16.7 Å². The molecule has 1 amide bonds. The van der Waals surface area contributed by atoms with Gasteiger partial charge in [-0.2, -0.15) is 0 Å². The van der Waals surface area contributed by atoms with Crippen molar-refractivity contribution in [1.82, 2.24) is 9.80 Å². The Bertz CT molecular complexity index is 883. The van der Waals surface area contributed by atoms with Crippen molar-refractivity contribution in [3.8, 4) is 5.75 Å². The van der Waals surface area contributed by atoms with Gasteiger partial charge in [0.05, 0.1) is 13.7 Å². The monoisotopic (exact) mass is 438 g/mol. The highest BCUT2D eigenvalue weighted by molar-refractivity contribution is 5.78. The Morgan fingerprint density at radius 2 is 1.81 bits per heavy atom. The summed E-state index contributed by atoms with van der Waals surface area (Å²) in [5.74, 6) is 1.87. The van der Waals surface area contributed by atoms with Crippen LogP contribution >= 0.6 is 0 Å². The van der Waals surface area contributed by atoms with Gasteiger partial charge in [-0.25, -0.2) is 0 Å².